The van der Waals surface area contributed by atoms with Gasteiger partial charge in [0.25, 0.3) is 5.56 Å². The lowest BCUT2D eigenvalue weighted by Crippen LogP contribution is -2.29. The highest BCUT2D eigenvalue weighted by molar-refractivity contribution is 5.73. The molecule has 3 heterocycles. The van der Waals surface area contributed by atoms with E-state index in [4.69, 9.17) is 4.98 Å². The predicted molar refractivity (Wildman–Crippen MR) is 104 cm³/mol. The molecule has 7 heteroatoms. The molecule has 2 atom stereocenters. The van der Waals surface area contributed by atoms with Crippen LogP contribution < -0.4 is 5.56 Å². The van der Waals surface area contributed by atoms with Gasteiger partial charge in [-0.3, -0.25) is 9.78 Å². The second kappa shape index (κ2) is 6.50. The second-order valence-electron chi connectivity index (χ2n) is 8.47. The molecule has 3 aromatic heterocycles. The van der Waals surface area contributed by atoms with Crippen molar-refractivity contribution in [1.29, 1.82) is 0 Å². The molecule has 2 saturated carbocycles. The Morgan fingerprint density at radius 3 is 2.64 bits per heavy atom. The fraction of sp³-hybridized carbons (Fsp3) is 0.524. The molecule has 1 N–H and O–H groups in total. The highest BCUT2D eigenvalue weighted by Crippen LogP contribution is 2.47. The SMILES string of the molecule is CC1(F)CCC(n2ncc3c(=O)[nH]c([C@H]4CC[C@@H]4c4ccccn4)nc32)CC1. The van der Waals surface area contributed by atoms with Gasteiger partial charge in [0.15, 0.2) is 5.65 Å². The van der Waals surface area contributed by atoms with Crippen LogP contribution in [0.25, 0.3) is 11.0 Å². The average molecular weight is 381 g/mol. The van der Waals surface area contributed by atoms with Crippen LogP contribution in [-0.2, 0) is 0 Å². The summed E-state index contributed by atoms with van der Waals surface area (Å²) in [7, 11) is 0. The minimum absolute atomic E-state index is 0.0939. The van der Waals surface area contributed by atoms with Crippen LogP contribution in [0.4, 0.5) is 4.39 Å². The molecule has 6 nitrogen and oxygen atoms in total. The quantitative estimate of drug-likeness (QED) is 0.743. The van der Waals surface area contributed by atoms with Crippen LogP contribution in [0.5, 0.6) is 0 Å². The van der Waals surface area contributed by atoms with Gasteiger partial charge in [-0.2, -0.15) is 5.10 Å². The molecule has 146 valence electrons. The lowest BCUT2D eigenvalue weighted by molar-refractivity contribution is 0.103. The van der Waals surface area contributed by atoms with Gasteiger partial charge in [0.05, 0.1) is 12.2 Å². The van der Waals surface area contributed by atoms with Crippen molar-refractivity contribution in [2.75, 3.05) is 0 Å². The van der Waals surface area contributed by atoms with Gasteiger partial charge in [-0.25, -0.2) is 14.1 Å². The van der Waals surface area contributed by atoms with E-state index in [9.17, 15) is 9.18 Å². The van der Waals surface area contributed by atoms with Gasteiger partial charge >= 0.3 is 0 Å². The molecule has 0 spiro atoms. The predicted octanol–water partition coefficient (Wildman–Crippen LogP) is 4.02. The van der Waals surface area contributed by atoms with E-state index in [0.717, 1.165) is 18.5 Å². The molecule has 2 aliphatic rings. The molecule has 2 fully saturated rings. The van der Waals surface area contributed by atoms with Crippen molar-refractivity contribution in [3.8, 4) is 0 Å². The molecule has 0 saturated heterocycles. The number of hydrogen-bond acceptors (Lipinski definition) is 4. The summed E-state index contributed by atoms with van der Waals surface area (Å²) in [6.45, 7) is 1.67. The number of rotatable bonds is 3. The largest absolute Gasteiger partial charge is 0.310 e. The van der Waals surface area contributed by atoms with Crippen LogP contribution in [0.3, 0.4) is 0 Å². The number of alkyl halides is 1. The molecule has 0 bridgehead atoms. The zero-order chi connectivity index (χ0) is 19.3. The van der Waals surface area contributed by atoms with E-state index < -0.39 is 5.67 Å². The van der Waals surface area contributed by atoms with E-state index in [1.807, 2.05) is 22.9 Å². The number of H-pyrrole nitrogens is 1. The lowest BCUT2D eigenvalue weighted by atomic mass is 9.71. The molecule has 5 rings (SSSR count). The Kier molecular flexibility index (Phi) is 4.07. The standard InChI is InChI=1S/C21H24FN5O/c1-21(22)9-7-13(8-10-21)27-19-16(12-24-27)20(28)26-18(25-19)15-6-5-14(15)17-4-2-3-11-23-17/h2-4,11-15H,5-10H2,1H3,(H,25,26,28)/t13?,14-,15-,21?/m0/s1. The van der Waals surface area contributed by atoms with Crippen LogP contribution >= 0.6 is 0 Å². The first kappa shape index (κ1) is 17.5. The van der Waals surface area contributed by atoms with Crippen LogP contribution in [0.2, 0.25) is 0 Å². The normalized spacial score (nSPS) is 30.3. The number of nitrogens with one attached hydrogen (secondary N) is 1. The van der Waals surface area contributed by atoms with Gasteiger partial charge in [0.1, 0.15) is 16.9 Å². The summed E-state index contributed by atoms with van der Waals surface area (Å²) < 4.78 is 16.0. The second-order valence-corrected chi connectivity index (χ2v) is 8.47. The summed E-state index contributed by atoms with van der Waals surface area (Å²) in [5, 5.41) is 4.95. The van der Waals surface area contributed by atoms with E-state index >= 15 is 0 Å². The first-order chi connectivity index (χ1) is 13.5. The van der Waals surface area contributed by atoms with E-state index in [1.54, 1.807) is 19.3 Å². The van der Waals surface area contributed by atoms with Gasteiger partial charge < -0.3 is 4.98 Å². The molecular weight excluding hydrogens is 357 g/mol. The Morgan fingerprint density at radius 2 is 1.96 bits per heavy atom. The minimum atomic E-state index is -1.10. The van der Waals surface area contributed by atoms with Crippen molar-refractivity contribution in [1.82, 2.24) is 24.7 Å². The summed E-state index contributed by atoms with van der Waals surface area (Å²) in [6.07, 6.45) is 7.87. The van der Waals surface area contributed by atoms with Crippen molar-refractivity contribution in [3.63, 3.8) is 0 Å². The Bertz CT molecular complexity index is 1050. The van der Waals surface area contributed by atoms with Crippen LogP contribution in [0.15, 0.2) is 35.4 Å². The maximum Gasteiger partial charge on any atom is 0.262 e. The molecular formula is C21H24FN5O. The summed E-state index contributed by atoms with van der Waals surface area (Å²) in [6, 6.07) is 6.03. The van der Waals surface area contributed by atoms with E-state index in [1.165, 1.54) is 0 Å². The monoisotopic (exact) mass is 381 g/mol. The van der Waals surface area contributed by atoms with Crippen molar-refractivity contribution in [3.05, 3.63) is 52.5 Å². The third-order valence-electron chi connectivity index (χ3n) is 6.52. The van der Waals surface area contributed by atoms with Crippen LogP contribution in [0, 0.1) is 0 Å². The van der Waals surface area contributed by atoms with Crippen molar-refractivity contribution >= 4 is 11.0 Å². The van der Waals surface area contributed by atoms with Crippen LogP contribution in [0.1, 0.15) is 74.8 Å². The summed E-state index contributed by atoms with van der Waals surface area (Å²) in [4.78, 5) is 24.9. The fourth-order valence-corrected chi connectivity index (χ4v) is 4.62. The number of hydrogen-bond donors (Lipinski definition) is 1. The van der Waals surface area contributed by atoms with Gasteiger partial charge in [0, 0.05) is 23.7 Å². The van der Waals surface area contributed by atoms with Crippen molar-refractivity contribution < 1.29 is 4.39 Å². The van der Waals surface area contributed by atoms with Crippen LogP contribution in [-0.4, -0.2) is 30.4 Å². The van der Waals surface area contributed by atoms with Gasteiger partial charge in [-0.15, -0.1) is 0 Å². The first-order valence-corrected chi connectivity index (χ1v) is 10.1. The third kappa shape index (κ3) is 2.93. The van der Waals surface area contributed by atoms with Gasteiger partial charge in [-0.1, -0.05) is 6.07 Å². The maximum absolute atomic E-state index is 14.2. The minimum Gasteiger partial charge on any atom is -0.310 e. The third-order valence-corrected chi connectivity index (χ3v) is 6.52. The first-order valence-electron chi connectivity index (χ1n) is 10.1. The Balaban J connectivity index is 1.49. The highest BCUT2D eigenvalue weighted by atomic mass is 19.1. The lowest BCUT2D eigenvalue weighted by Gasteiger charge is -2.35. The Morgan fingerprint density at radius 1 is 1.18 bits per heavy atom. The number of nitrogens with zero attached hydrogens (tertiary/aromatic N) is 4. The number of fused-ring (bicyclic) bond motifs is 1. The Labute approximate surface area is 162 Å². The fourth-order valence-electron chi connectivity index (χ4n) is 4.62. The zero-order valence-electron chi connectivity index (χ0n) is 15.9. The topological polar surface area (TPSA) is 76.5 Å². The molecule has 0 aromatic carbocycles. The highest BCUT2D eigenvalue weighted by Gasteiger charge is 2.37. The number of pyridine rings is 1. The maximum atomic E-state index is 14.2. The molecule has 3 aromatic rings. The summed E-state index contributed by atoms with van der Waals surface area (Å²) >= 11 is 0. The van der Waals surface area contributed by atoms with Gasteiger partial charge in [0.2, 0.25) is 0 Å². The number of aromatic nitrogens is 5. The van der Waals surface area contributed by atoms with E-state index in [-0.39, 0.29) is 23.4 Å². The molecule has 0 unspecified atom stereocenters. The van der Waals surface area contributed by atoms with E-state index in [2.05, 4.69) is 15.1 Å². The number of aromatic amines is 1. The smallest absolute Gasteiger partial charge is 0.262 e. The molecule has 0 radical (unpaired) electrons. The molecule has 0 amide bonds. The molecule has 2 aliphatic carbocycles. The van der Waals surface area contributed by atoms with E-state index in [0.29, 0.717) is 42.5 Å². The molecule has 28 heavy (non-hydrogen) atoms. The van der Waals surface area contributed by atoms with Crippen molar-refractivity contribution in [2.24, 2.45) is 0 Å². The van der Waals surface area contributed by atoms with Gasteiger partial charge in [-0.05, 0) is 57.6 Å². The Hall–Kier alpha value is -2.57. The zero-order valence-corrected chi connectivity index (χ0v) is 15.9. The summed E-state index contributed by atoms with van der Waals surface area (Å²) in [5.41, 5.74) is 0.420. The number of halogens is 1. The van der Waals surface area contributed by atoms with Crippen molar-refractivity contribution in [2.45, 2.75) is 69.0 Å². The summed E-state index contributed by atoms with van der Waals surface area (Å²) in [5.74, 6) is 1.16. The molecule has 0 aliphatic heterocycles. The average Bonchev–Trinajstić information content (AvgIpc) is 3.06.